The number of carbonyl (C=O) groups excluding carboxylic acids is 1. The van der Waals surface area contributed by atoms with E-state index in [9.17, 15) is 4.79 Å². The van der Waals surface area contributed by atoms with Crippen molar-refractivity contribution in [2.24, 2.45) is 5.92 Å². The number of methoxy groups -OCH3 is 1. The van der Waals surface area contributed by atoms with Gasteiger partial charge < -0.3 is 14.2 Å². The largest absolute Gasteiger partial charge is 0.469 e. The first-order valence-electron chi connectivity index (χ1n) is 7.55. The van der Waals surface area contributed by atoms with Crippen LogP contribution in [0.4, 0.5) is 0 Å². The van der Waals surface area contributed by atoms with Gasteiger partial charge in [-0.25, -0.2) is 0 Å². The summed E-state index contributed by atoms with van der Waals surface area (Å²) < 4.78 is 10.2. The molecule has 0 spiro atoms. The van der Waals surface area contributed by atoms with E-state index < -0.39 is 0 Å². The number of carbonyl (C=O) groups is 1. The molecule has 1 aromatic heterocycles. The molecule has 2 aromatic rings. The lowest BCUT2D eigenvalue weighted by molar-refractivity contribution is -0.920. The van der Waals surface area contributed by atoms with Gasteiger partial charge in [-0.15, -0.1) is 0 Å². The zero-order valence-electron chi connectivity index (χ0n) is 12.6. The van der Waals surface area contributed by atoms with Crippen LogP contribution in [0.25, 0.3) is 11.4 Å². The molecule has 1 aliphatic heterocycles. The Kier molecular flexibility index (Phi) is 4.48. The highest BCUT2D eigenvalue weighted by molar-refractivity contribution is 5.72. The van der Waals surface area contributed by atoms with Crippen LogP contribution in [0.5, 0.6) is 0 Å². The highest BCUT2D eigenvalue weighted by Crippen LogP contribution is 2.15. The van der Waals surface area contributed by atoms with Crippen molar-refractivity contribution in [1.29, 1.82) is 0 Å². The monoisotopic (exact) mass is 302 g/mol. The van der Waals surface area contributed by atoms with Gasteiger partial charge >= 0.3 is 5.97 Å². The number of nitrogens with zero attached hydrogens (tertiary/aromatic N) is 2. The number of hydrogen-bond acceptors (Lipinski definition) is 5. The molecule has 6 heteroatoms. The van der Waals surface area contributed by atoms with Gasteiger partial charge in [0.25, 0.3) is 5.89 Å². The van der Waals surface area contributed by atoms with Gasteiger partial charge in [0, 0.05) is 18.4 Å². The number of hydrogen-bond donors (Lipinski definition) is 1. The first-order chi connectivity index (χ1) is 10.8. The molecule has 0 amide bonds. The predicted molar refractivity (Wildman–Crippen MR) is 78.9 cm³/mol. The molecule has 6 nitrogen and oxygen atoms in total. The molecular weight excluding hydrogens is 282 g/mol. The van der Waals surface area contributed by atoms with Crippen molar-refractivity contribution in [2.45, 2.75) is 19.4 Å². The number of ether oxygens (including phenoxy) is 1. The van der Waals surface area contributed by atoms with Crippen LogP contribution >= 0.6 is 0 Å². The summed E-state index contributed by atoms with van der Waals surface area (Å²) in [5.41, 5.74) is 0.955. The summed E-state index contributed by atoms with van der Waals surface area (Å²) in [5.74, 6) is 1.21. The fraction of sp³-hybridized carbons (Fsp3) is 0.438. The summed E-state index contributed by atoms with van der Waals surface area (Å²) >= 11 is 0. The van der Waals surface area contributed by atoms with E-state index >= 15 is 0 Å². The third kappa shape index (κ3) is 3.33. The number of esters is 1. The van der Waals surface area contributed by atoms with Crippen LogP contribution in [0.1, 0.15) is 18.7 Å². The third-order valence-electron chi connectivity index (χ3n) is 4.13. The van der Waals surface area contributed by atoms with Crippen molar-refractivity contribution in [1.82, 2.24) is 10.1 Å². The van der Waals surface area contributed by atoms with E-state index in [1.165, 1.54) is 12.0 Å². The fourth-order valence-corrected chi connectivity index (χ4v) is 2.85. The first-order valence-corrected chi connectivity index (χ1v) is 7.55. The van der Waals surface area contributed by atoms with Crippen LogP contribution in [-0.2, 0) is 16.1 Å². The van der Waals surface area contributed by atoms with Gasteiger partial charge in [-0.05, 0) is 0 Å². The minimum atomic E-state index is -0.0943. The molecule has 1 fully saturated rings. The fourth-order valence-electron chi connectivity index (χ4n) is 2.85. The Balaban J connectivity index is 1.57. The van der Waals surface area contributed by atoms with Gasteiger partial charge in [0.1, 0.15) is 0 Å². The van der Waals surface area contributed by atoms with E-state index in [1.807, 2.05) is 30.3 Å². The minimum absolute atomic E-state index is 0.0383. The van der Waals surface area contributed by atoms with Crippen molar-refractivity contribution >= 4 is 5.97 Å². The van der Waals surface area contributed by atoms with Crippen LogP contribution in [0.2, 0.25) is 0 Å². The van der Waals surface area contributed by atoms with Crippen molar-refractivity contribution < 1.29 is 19.0 Å². The Hall–Kier alpha value is -2.21. The Morgan fingerprint density at radius 1 is 1.32 bits per heavy atom. The van der Waals surface area contributed by atoms with Crippen LogP contribution in [0.15, 0.2) is 34.9 Å². The third-order valence-corrected chi connectivity index (χ3v) is 4.13. The number of nitrogens with one attached hydrogen (secondary N) is 1. The van der Waals surface area contributed by atoms with E-state index in [1.54, 1.807) is 0 Å². The molecule has 1 N–H and O–H groups in total. The maximum Gasteiger partial charge on any atom is 0.309 e. The molecule has 0 bridgehead atoms. The number of piperidine rings is 1. The lowest BCUT2D eigenvalue weighted by Crippen LogP contribution is -3.11. The second-order valence-corrected chi connectivity index (χ2v) is 5.60. The van der Waals surface area contributed by atoms with Gasteiger partial charge in [0.2, 0.25) is 5.82 Å². The molecule has 0 unspecified atom stereocenters. The molecule has 116 valence electrons. The molecule has 1 aliphatic rings. The van der Waals surface area contributed by atoms with E-state index in [2.05, 4.69) is 10.1 Å². The van der Waals surface area contributed by atoms with Gasteiger partial charge in [0.05, 0.1) is 26.1 Å². The van der Waals surface area contributed by atoms with Crippen molar-refractivity contribution in [3.8, 4) is 11.4 Å². The van der Waals surface area contributed by atoms with Gasteiger partial charge in [0.15, 0.2) is 6.54 Å². The van der Waals surface area contributed by atoms with Crippen molar-refractivity contribution in [2.75, 3.05) is 20.2 Å². The molecule has 0 radical (unpaired) electrons. The van der Waals surface area contributed by atoms with Crippen LogP contribution in [0.3, 0.4) is 0 Å². The van der Waals surface area contributed by atoms with Gasteiger partial charge in [-0.2, -0.15) is 4.98 Å². The molecular formula is C16H20N3O3+. The quantitative estimate of drug-likeness (QED) is 0.842. The Morgan fingerprint density at radius 3 is 2.73 bits per heavy atom. The van der Waals surface area contributed by atoms with E-state index in [-0.39, 0.29) is 11.9 Å². The number of quaternary nitrogens is 1. The first kappa shape index (κ1) is 14.7. The SMILES string of the molecule is COC(=O)C1CC[NH+](Cc2nc(-c3ccccc3)no2)CC1. The number of likely N-dealkylation sites (tertiary alicyclic amines) is 1. The van der Waals surface area contributed by atoms with Crippen molar-refractivity contribution in [3.63, 3.8) is 0 Å². The topological polar surface area (TPSA) is 69.7 Å². The predicted octanol–water partition coefficient (Wildman–Crippen LogP) is 0.704. The van der Waals surface area contributed by atoms with Crippen LogP contribution in [0, 0.1) is 5.92 Å². The molecule has 1 saturated heterocycles. The van der Waals surface area contributed by atoms with E-state index in [0.717, 1.165) is 31.5 Å². The molecule has 0 aliphatic carbocycles. The lowest BCUT2D eigenvalue weighted by atomic mass is 9.97. The molecule has 0 atom stereocenters. The van der Waals surface area contributed by atoms with Crippen LogP contribution in [-0.4, -0.2) is 36.3 Å². The van der Waals surface area contributed by atoms with E-state index in [4.69, 9.17) is 9.26 Å². The Bertz CT molecular complexity index is 619. The highest BCUT2D eigenvalue weighted by atomic mass is 16.5. The summed E-state index contributed by atoms with van der Waals surface area (Å²) in [4.78, 5) is 17.3. The second kappa shape index (κ2) is 6.70. The summed E-state index contributed by atoms with van der Waals surface area (Å²) in [7, 11) is 1.45. The number of rotatable bonds is 4. The average Bonchev–Trinajstić information content (AvgIpc) is 3.04. The zero-order valence-corrected chi connectivity index (χ0v) is 12.6. The van der Waals surface area contributed by atoms with Crippen molar-refractivity contribution in [3.05, 3.63) is 36.2 Å². The molecule has 3 rings (SSSR count). The van der Waals surface area contributed by atoms with Gasteiger partial charge in [-0.1, -0.05) is 35.5 Å². The smallest absolute Gasteiger partial charge is 0.309 e. The molecule has 2 heterocycles. The summed E-state index contributed by atoms with van der Waals surface area (Å²) in [6.07, 6.45) is 1.70. The molecule has 1 aromatic carbocycles. The second-order valence-electron chi connectivity index (χ2n) is 5.60. The minimum Gasteiger partial charge on any atom is -0.469 e. The Labute approximate surface area is 129 Å². The van der Waals surface area contributed by atoms with E-state index in [0.29, 0.717) is 18.3 Å². The van der Waals surface area contributed by atoms with Gasteiger partial charge in [-0.3, -0.25) is 4.79 Å². The molecule has 0 saturated carbocycles. The molecule has 22 heavy (non-hydrogen) atoms. The average molecular weight is 302 g/mol. The normalized spacial score (nSPS) is 21.5. The lowest BCUT2D eigenvalue weighted by Gasteiger charge is -2.26. The Morgan fingerprint density at radius 2 is 2.05 bits per heavy atom. The summed E-state index contributed by atoms with van der Waals surface area (Å²) in [6.45, 7) is 2.54. The summed E-state index contributed by atoms with van der Waals surface area (Å²) in [6, 6.07) is 9.79. The maximum absolute atomic E-state index is 11.5. The number of benzene rings is 1. The standard InChI is InChI=1S/C16H19N3O3/c1-21-16(20)13-7-9-19(10-8-13)11-14-17-15(18-22-14)12-5-3-2-4-6-12/h2-6,13H,7-11H2,1H3/p+1. The zero-order chi connectivity index (χ0) is 15.4. The van der Waals surface area contributed by atoms with Crippen LogP contribution < -0.4 is 4.90 Å². The summed E-state index contributed by atoms with van der Waals surface area (Å²) in [5, 5.41) is 4.03. The maximum atomic E-state index is 11.5. The number of aromatic nitrogens is 2. The highest BCUT2D eigenvalue weighted by Gasteiger charge is 2.29.